The zero-order valence-electron chi connectivity index (χ0n) is 26.2. The maximum absolute atomic E-state index is 12.3. The molecule has 0 saturated heterocycles. The molecule has 4 aliphatic carbocycles. The Balaban J connectivity index is 1.59. The van der Waals surface area contributed by atoms with E-state index >= 15 is 0 Å². The molecule has 230 valence electrons. The molecule has 0 aliphatic heterocycles. The van der Waals surface area contributed by atoms with Gasteiger partial charge in [-0.25, -0.2) is 0 Å². The second kappa shape index (κ2) is 10.8. The number of aliphatic hydroxyl groups excluding tert-OH is 1. The van der Waals surface area contributed by atoms with Gasteiger partial charge >= 0.3 is 17.9 Å². The van der Waals surface area contributed by atoms with Gasteiger partial charge in [0.2, 0.25) is 0 Å². The number of hydrogen-bond donors (Lipinski definition) is 3. The molecule has 0 aromatic heterocycles. The van der Waals surface area contributed by atoms with E-state index in [0.29, 0.717) is 31.1 Å². The molecule has 4 rings (SSSR count). The van der Waals surface area contributed by atoms with Gasteiger partial charge in [-0.2, -0.15) is 0 Å². The van der Waals surface area contributed by atoms with Crippen LogP contribution in [-0.2, 0) is 19.1 Å². The predicted molar refractivity (Wildman–Crippen MR) is 157 cm³/mol. The molecule has 3 N–H and O–H groups in total. The largest absolute Gasteiger partial charge is 0.481 e. The fraction of sp³-hybridized carbons (Fsp3) is 0.794. The first-order valence-electron chi connectivity index (χ1n) is 15.6. The normalized spacial score (nSPS) is 39.1. The summed E-state index contributed by atoms with van der Waals surface area (Å²) in [5, 5.41) is 30.5. The Labute approximate surface area is 245 Å². The average Bonchev–Trinajstić information content (AvgIpc) is 3.16. The third-order valence-corrected chi connectivity index (χ3v) is 13.0. The summed E-state index contributed by atoms with van der Waals surface area (Å²) in [6.07, 6.45) is 6.43. The van der Waals surface area contributed by atoms with Gasteiger partial charge in [-0.15, -0.1) is 0 Å². The number of hydrogen-bond acceptors (Lipinski definition) is 5. The highest BCUT2D eigenvalue weighted by molar-refractivity contribution is 5.90. The van der Waals surface area contributed by atoms with E-state index < -0.39 is 36.4 Å². The number of rotatable bonds is 9. The van der Waals surface area contributed by atoms with E-state index in [1.165, 1.54) is 5.57 Å². The zero-order valence-corrected chi connectivity index (χ0v) is 26.2. The number of carbonyl (C=O) groups is 3. The van der Waals surface area contributed by atoms with E-state index in [9.17, 15) is 24.6 Å². The van der Waals surface area contributed by atoms with Crippen LogP contribution in [-0.4, -0.2) is 45.4 Å². The summed E-state index contributed by atoms with van der Waals surface area (Å²) in [4.78, 5) is 34.8. The lowest BCUT2D eigenvalue weighted by molar-refractivity contribution is -0.173. The number of aliphatic hydroxyl groups is 1. The molecule has 7 heteroatoms. The minimum Gasteiger partial charge on any atom is -0.481 e. The minimum atomic E-state index is -1.17. The van der Waals surface area contributed by atoms with E-state index in [2.05, 4.69) is 48.1 Å². The van der Waals surface area contributed by atoms with Crippen molar-refractivity contribution in [3.05, 3.63) is 23.3 Å². The van der Waals surface area contributed by atoms with E-state index in [0.717, 1.165) is 44.1 Å². The first kappa shape index (κ1) is 31.8. The molecule has 2 fully saturated rings. The fourth-order valence-electron chi connectivity index (χ4n) is 10.2. The van der Waals surface area contributed by atoms with Gasteiger partial charge in [-0.1, -0.05) is 64.8 Å². The van der Waals surface area contributed by atoms with Gasteiger partial charge < -0.3 is 20.1 Å². The summed E-state index contributed by atoms with van der Waals surface area (Å²) in [6.45, 7) is 19.4. The van der Waals surface area contributed by atoms with Crippen LogP contribution >= 0.6 is 0 Å². The number of aliphatic carboxylic acids is 2. The molecule has 4 aliphatic rings. The topological polar surface area (TPSA) is 121 Å². The summed E-state index contributed by atoms with van der Waals surface area (Å²) in [5.74, 6) is -2.26. The summed E-state index contributed by atoms with van der Waals surface area (Å²) in [6, 6.07) is 0. The van der Waals surface area contributed by atoms with Crippen LogP contribution in [0.4, 0.5) is 0 Å². The standard InChI is InChI=1S/C34H52O7/c1-19(21(3)30(39)40)9-10-20(2)22-13-16-33(7)23-11-12-25-31(4,5)27(41-29(38)18-28(36)37)14-15-32(25,6)24(23)17-26(35)34(22,33)8/h20-22,25-27,35H,1,9-18H2,2-8H3,(H,36,37)(H,39,40)/t20-,21+,22-,25?,26+,27-,32-,33+,34+/m1/s1. The van der Waals surface area contributed by atoms with Crippen LogP contribution in [0.3, 0.4) is 0 Å². The van der Waals surface area contributed by atoms with E-state index in [1.54, 1.807) is 12.5 Å². The number of ether oxygens (including phenoxy) is 1. The molecule has 7 nitrogen and oxygen atoms in total. The molecule has 0 bridgehead atoms. The van der Waals surface area contributed by atoms with E-state index in [1.807, 2.05) is 0 Å². The first-order chi connectivity index (χ1) is 18.9. The molecule has 41 heavy (non-hydrogen) atoms. The van der Waals surface area contributed by atoms with E-state index in [-0.39, 0.29) is 33.7 Å². The van der Waals surface area contributed by atoms with Crippen molar-refractivity contribution in [1.82, 2.24) is 0 Å². The summed E-state index contributed by atoms with van der Waals surface area (Å²) < 4.78 is 5.76. The van der Waals surface area contributed by atoms with Crippen LogP contribution in [0.25, 0.3) is 0 Å². The summed E-state index contributed by atoms with van der Waals surface area (Å²) >= 11 is 0. The van der Waals surface area contributed by atoms with Gasteiger partial charge in [0.05, 0.1) is 12.0 Å². The molecular formula is C34H52O7. The highest BCUT2D eigenvalue weighted by atomic mass is 16.5. The van der Waals surface area contributed by atoms with Crippen molar-refractivity contribution < 1.29 is 34.4 Å². The van der Waals surface area contributed by atoms with Crippen LogP contribution in [0.5, 0.6) is 0 Å². The van der Waals surface area contributed by atoms with Crippen LogP contribution in [0.1, 0.15) is 113 Å². The Hall–Kier alpha value is -2.15. The lowest BCUT2D eigenvalue weighted by Crippen LogP contribution is -2.58. The predicted octanol–water partition coefficient (Wildman–Crippen LogP) is 6.79. The average molecular weight is 573 g/mol. The van der Waals surface area contributed by atoms with Crippen molar-refractivity contribution in [2.75, 3.05) is 0 Å². The molecular weight excluding hydrogens is 520 g/mol. The molecule has 0 spiro atoms. The van der Waals surface area contributed by atoms with Gasteiger partial charge in [0.1, 0.15) is 12.5 Å². The Kier molecular flexibility index (Phi) is 8.40. The third kappa shape index (κ3) is 4.98. The molecule has 1 unspecified atom stereocenters. The highest BCUT2D eigenvalue weighted by Gasteiger charge is 2.66. The SMILES string of the molecule is C=C(CC[C@@H](C)[C@H]1CC[C@@]2(C)C3=C(C[C@H](O)[C@]12C)[C@@]1(C)CC[C@@H](OC(=O)CC(=O)O)C(C)(C)C1CC3)[C@H](C)C(=O)O. The Morgan fingerprint density at radius 1 is 1.00 bits per heavy atom. The number of carboxylic acids is 2. The maximum Gasteiger partial charge on any atom is 0.317 e. The molecule has 0 amide bonds. The van der Waals surface area contributed by atoms with Crippen molar-refractivity contribution in [2.24, 2.45) is 45.3 Å². The van der Waals surface area contributed by atoms with Crippen LogP contribution in [0.2, 0.25) is 0 Å². The van der Waals surface area contributed by atoms with Crippen molar-refractivity contribution >= 4 is 17.9 Å². The molecule has 2 saturated carbocycles. The number of allylic oxidation sites excluding steroid dienone is 1. The van der Waals surface area contributed by atoms with Crippen molar-refractivity contribution in [2.45, 2.75) is 125 Å². The first-order valence-corrected chi connectivity index (χ1v) is 15.6. The zero-order chi connectivity index (χ0) is 30.7. The number of fused-ring (bicyclic) bond motifs is 4. The molecule has 0 aromatic rings. The van der Waals surface area contributed by atoms with E-state index in [4.69, 9.17) is 9.84 Å². The molecule has 9 atom stereocenters. The third-order valence-electron chi connectivity index (χ3n) is 13.0. The number of carbonyl (C=O) groups excluding carboxylic acids is 1. The van der Waals surface area contributed by atoms with Crippen molar-refractivity contribution in [1.29, 1.82) is 0 Å². The van der Waals surface area contributed by atoms with Crippen LogP contribution < -0.4 is 0 Å². The maximum atomic E-state index is 12.3. The number of carboxylic acid groups (broad SMARTS) is 2. The molecule has 0 radical (unpaired) electrons. The quantitative estimate of drug-likeness (QED) is 0.158. The lowest BCUT2D eigenvalue weighted by Gasteiger charge is -2.63. The second-order valence-electron chi connectivity index (χ2n) is 15.1. The second-order valence-corrected chi connectivity index (χ2v) is 15.1. The minimum absolute atomic E-state index is 0.104. The van der Waals surface area contributed by atoms with Gasteiger partial charge in [-0.05, 0) is 93.3 Å². The Bertz CT molecular complexity index is 1140. The molecule has 0 aromatic carbocycles. The smallest absolute Gasteiger partial charge is 0.317 e. The molecule has 0 heterocycles. The van der Waals surface area contributed by atoms with Gasteiger partial charge in [0.25, 0.3) is 0 Å². The van der Waals surface area contributed by atoms with Crippen LogP contribution in [0, 0.1) is 45.3 Å². The Morgan fingerprint density at radius 3 is 2.27 bits per heavy atom. The monoisotopic (exact) mass is 572 g/mol. The Morgan fingerprint density at radius 2 is 1.66 bits per heavy atom. The summed E-state index contributed by atoms with van der Waals surface area (Å²) in [7, 11) is 0. The van der Waals surface area contributed by atoms with Gasteiger partial charge in [-0.3, -0.25) is 14.4 Å². The summed E-state index contributed by atoms with van der Waals surface area (Å²) in [5.41, 5.74) is 2.95. The van der Waals surface area contributed by atoms with Gasteiger partial charge in [0.15, 0.2) is 0 Å². The van der Waals surface area contributed by atoms with Gasteiger partial charge in [0, 0.05) is 10.8 Å². The highest BCUT2D eigenvalue weighted by Crippen LogP contribution is 2.72. The fourth-order valence-corrected chi connectivity index (χ4v) is 10.2. The van der Waals surface area contributed by atoms with Crippen LogP contribution in [0.15, 0.2) is 23.3 Å². The lowest BCUT2D eigenvalue weighted by atomic mass is 9.42. The number of esters is 1. The van der Waals surface area contributed by atoms with Crippen molar-refractivity contribution in [3.8, 4) is 0 Å². The van der Waals surface area contributed by atoms with Crippen molar-refractivity contribution in [3.63, 3.8) is 0 Å².